The Morgan fingerprint density at radius 2 is 1.87 bits per heavy atom. The van der Waals surface area contributed by atoms with Gasteiger partial charge in [0, 0.05) is 11.6 Å². The maximum Gasteiger partial charge on any atom is 0.285 e. The molecule has 0 atom stereocenters. The SMILES string of the molecule is O=C(Cc1ccccc1)NN1C(=O)/C(=C/c2ccc(-c3cccc(Cl)c3Cl)o2)SC1=S. The van der Waals surface area contributed by atoms with Gasteiger partial charge in [-0.2, -0.15) is 5.01 Å². The van der Waals surface area contributed by atoms with E-state index in [0.29, 0.717) is 32.0 Å². The number of carbonyl (C=O) groups is 2. The standard InChI is InChI=1S/C22H14Cl2N2O3S2/c23-16-8-4-7-15(20(16)24)17-10-9-14(29-17)12-18-21(28)26(22(30)31-18)25-19(27)11-13-5-2-1-3-6-13/h1-10,12H,11H2,(H,25,27)/b18-12-. The second-order valence-electron chi connectivity index (χ2n) is 6.52. The Hall–Kier alpha value is -2.58. The molecule has 0 unspecified atom stereocenters. The van der Waals surface area contributed by atoms with Gasteiger partial charge in [-0.1, -0.05) is 71.4 Å². The van der Waals surface area contributed by atoms with Crippen molar-refractivity contribution in [3.05, 3.63) is 86.9 Å². The van der Waals surface area contributed by atoms with Gasteiger partial charge < -0.3 is 4.42 Å². The maximum absolute atomic E-state index is 12.7. The molecule has 4 rings (SSSR count). The number of halogens is 2. The van der Waals surface area contributed by atoms with Crippen molar-refractivity contribution in [2.75, 3.05) is 0 Å². The highest BCUT2D eigenvalue weighted by molar-refractivity contribution is 8.26. The second kappa shape index (κ2) is 9.28. The summed E-state index contributed by atoms with van der Waals surface area (Å²) in [4.78, 5) is 25.4. The average molecular weight is 489 g/mol. The van der Waals surface area contributed by atoms with Gasteiger partial charge in [0.05, 0.1) is 21.4 Å². The van der Waals surface area contributed by atoms with E-state index < -0.39 is 5.91 Å². The zero-order chi connectivity index (χ0) is 22.0. The van der Waals surface area contributed by atoms with Gasteiger partial charge in [-0.15, -0.1) is 0 Å². The Balaban J connectivity index is 1.48. The van der Waals surface area contributed by atoms with Gasteiger partial charge in [-0.3, -0.25) is 15.0 Å². The Kier molecular flexibility index (Phi) is 6.48. The first-order chi connectivity index (χ1) is 14.9. The minimum Gasteiger partial charge on any atom is -0.457 e. The molecule has 5 nitrogen and oxygen atoms in total. The number of amides is 2. The number of nitrogens with zero attached hydrogens (tertiary/aromatic N) is 1. The Labute approximate surface area is 198 Å². The third-order valence-corrected chi connectivity index (χ3v) is 6.48. The summed E-state index contributed by atoms with van der Waals surface area (Å²) in [6, 6.07) is 17.9. The number of hydrogen-bond donors (Lipinski definition) is 1. The number of benzene rings is 2. The Bertz CT molecular complexity index is 1210. The van der Waals surface area contributed by atoms with E-state index in [0.717, 1.165) is 22.3 Å². The highest BCUT2D eigenvalue weighted by Crippen LogP contribution is 2.36. The number of furan rings is 1. The van der Waals surface area contributed by atoms with Crippen LogP contribution in [0.25, 0.3) is 17.4 Å². The van der Waals surface area contributed by atoms with Crippen LogP contribution in [0.1, 0.15) is 11.3 Å². The summed E-state index contributed by atoms with van der Waals surface area (Å²) < 4.78 is 6.05. The first-order valence-corrected chi connectivity index (χ1v) is 11.1. The number of carbonyl (C=O) groups excluding carboxylic acids is 2. The van der Waals surface area contributed by atoms with Crippen molar-refractivity contribution in [2.45, 2.75) is 6.42 Å². The lowest BCUT2D eigenvalue weighted by molar-refractivity contribution is -0.132. The van der Waals surface area contributed by atoms with E-state index in [-0.39, 0.29) is 16.6 Å². The predicted molar refractivity (Wildman–Crippen MR) is 127 cm³/mol. The van der Waals surface area contributed by atoms with Gasteiger partial charge >= 0.3 is 0 Å². The zero-order valence-electron chi connectivity index (χ0n) is 15.8. The van der Waals surface area contributed by atoms with E-state index in [4.69, 9.17) is 39.8 Å². The summed E-state index contributed by atoms with van der Waals surface area (Å²) in [5.74, 6) is 0.210. The van der Waals surface area contributed by atoms with Crippen LogP contribution in [0.15, 0.2) is 70.0 Å². The lowest BCUT2D eigenvalue weighted by atomic mass is 10.1. The van der Waals surface area contributed by atoms with E-state index in [2.05, 4.69) is 5.43 Å². The molecule has 1 saturated heterocycles. The third kappa shape index (κ3) is 4.85. The predicted octanol–water partition coefficient (Wildman–Crippen LogP) is 5.73. The zero-order valence-corrected chi connectivity index (χ0v) is 18.9. The van der Waals surface area contributed by atoms with Gasteiger partial charge in [-0.25, -0.2) is 0 Å². The smallest absolute Gasteiger partial charge is 0.285 e. The molecule has 1 fully saturated rings. The second-order valence-corrected chi connectivity index (χ2v) is 8.98. The Morgan fingerprint density at radius 1 is 1.10 bits per heavy atom. The third-order valence-electron chi connectivity index (χ3n) is 4.35. The molecule has 0 spiro atoms. The van der Waals surface area contributed by atoms with Crippen LogP contribution in [0.5, 0.6) is 0 Å². The average Bonchev–Trinajstić information content (AvgIpc) is 3.31. The van der Waals surface area contributed by atoms with Crippen LogP contribution < -0.4 is 5.43 Å². The molecule has 31 heavy (non-hydrogen) atoms. The van der Waals surface area contributed by atoms with Crippen LogP contribution in [0.3, 0.4) is 0 Å². The fourth-order valence-corrected chi connectivity index (χ4v) is 4.46. The summed E-state index contributed by atoms with van der Waals surface area (Å²) in [6.45, 7) is 0. The molecule has 0 aliphatic carbocycles. The number of nitrogens with one attached hydrogen (secondary N) is 1. The summed E-state index contributed by atoms with van der Waals surface area (Å²) in [5, 5.41) is 1.89. The van der Waals surface area contributed by atoms with Crippen LogP contribution in [-0.2, 0) is 16.0 Å². The minimum atomic E-state index is -0.421. The van der Waals surface area contributed by atoms with E-state index in [1.807, 2.05) is 30.3 Å². The molecule has 156 valence electrons. The van der Waals surface area contributed by atoms with Crippen molar-refractivity contribution in [1.82, 2.24) is 10.4 Å². The fraction of sp³-hybridized carbons (Fsp3) is 0.0455. The molecule has 1 aliphatic rings. The molecule has 1 aromatic heterocycles. The van der Waals surface area contributed by atoms with Crippen molar-refractivity contribution in [3.8, 4) is 11.3 Å². The van der Waals surface area contributed by atoms with E-state index in [1.165, 1.54) is 0 Å². The molecule has 0 saturated carbocycles. The fourth-order valence-electron chi connectivity index (χ4n) is 2.91. The van der Waals surface area contributed by atoms with Gasteiger partial charge in [-0.05, 0) is 42.0 Å². The van der Waals surface area contributed by atoms with Gasteiger partial charge in [0.1, 0.15) is 11.5 Å². The highest BCUT2D eigenvalue weighted by Gasteiger charge is 2.33. The molecule has 2 aromatic carbocycles. The molecular formula is C22H14Cl2N2O3S2. The monoisotopic (exact) mass is 488 g/mol. The van der Waals surface area contributed by atoms with Crippen LogP contribution in [0, 0.1) is 0 Å². The summed E-state index contributed by atoms with van der Waals surface area (Å²) in [6.07, 6.45) is 1.71. The number of hydrogen-bond acceptors (Lipinski definition) is 5. The van der Waals surface area contributed by atoms with Crippen molar-refractivity contribution < 1.29 is 14.0 Å². The van der Waals surface area contributed by atoms with E-state index >= 15 is 0 Å². The normalized spacial score (nSPS) is 15.0. The van der Waals surface area contributed by atoms with Gasteiger partial charge in [0.15, 0.2) is 4.32 Å². The van der Waals surface area contributed by atoms with Crippen molar-refractivity contribution in [3.63, 3.8) is 0 Å². The van der Waals surface area contributed by atoms with Crippen molar-refractivity contribution in [1.29, 1.82) is 0 Å². The van der Waals surface area contributed by atoms with Gasteiger partial charge in [0.25, 0.3) is 5.91 Å². The molecule has 3 aromatic rings. The summed E-state index contributed by atoms with van der Waals surface area (Å²) in [7, 11) is 0. The largest absolute Gasteiger partial charge is 0.457 e. The number of thiocarbonyl (C=S) groups is 1. The maximum atomic E-state index is 12.7. The number of hydrazine groups is 1. The lowest BCUT2D eigenvalue weighted by Gasteiger charge is -2.15. The summed E-state index contributed by atoms with van der Waals surface area (Å²) >= 11 is 18.6. The lowest BCUT2D eigenvalue weighted by Crippen LogP contribution is -2.45. The van der Waals surface area contributed by atoms with Crippen LogP contribution in [0.4, 0.5) is 0 Å². The van der Waals surface area contributed by atoms with E-state index in [1.54, 1.807) is 36.4 Å². The number of thioether (sulfide) groups is 1. The molecular weight excluding hydrogens is 475 g/mol. The first-order valence-electron chi connectivity index (χ1n) is 9.08. The van der Waals surface area contributed by atoms with Gasteiger partial charge in [0.2, 0.25) is 5.91 Å². The molecule has 0 radical (unpaired) electrons. The molecule has 2 amide bonds. The quantitative estimate of drug-likeness (QED) is 0.367. The number of rotatable bonds is 5. The topological polar surface area (TPSA) is 62.6 Å². The van der Waals surface area contributed by atoms with Crippen LogP contribution in [0.2, 0.25) is 10.0 Å². The van der Waals surface area contributed by atoms with Crippen molar-refractivity contribution >= 4 is 69.4 Å². The highest BCUT2D eigenvalue weighted by atomic mass is 35.5. The molecule has 1 aliphatic heterocycles. The molecule has 1 N–H and O–H groups in total. The van der Waals surface area contributed by atoms with E-state index in [9.17, 15) is 9.59 Å². The summed E-state index contributed by atoms with van der Waals surface area (Å²) in [5.41, 5.74) is 4.05. The van der Waals surface area contributed by atoms with Crippen molar-refractivity contribution in [2.24, 2.45) is 0 Å². The van der Waals surface area contributed by atoms with Crippen LogP contribution >= 0.6 is 47.2 Å². The molecule has 0 bridgehead atoms. The minimum absolute atomic E-state index is 0.138. The molecule has 2 heterocycles. The van der Waals surface area contributed by atoms with Crippen LogP contribution in [-0.4, -0.2) is 21.1 Å². The Morgan fingerprint density at radius 3 is 2.65 bits per heavy atom. The molecule has 9 heteroatoms. The first kappa shape index (κ1) is 21.6.